The van der Waals surface area contributed by atoms with E-state index >= 15 is 0 Å². The molecule has 0 saturated carbocycles. The van der Waals surface area contributed by atoms with Crippen molar-refractivity contribution in [2.45, 2.75) is 39.5 Å². The highest BCUT2D eigenvalue weighted by Crippen LogP contribution is 2.20. The second-order valence-corrected chi connectivity index (χ2v) is 3.75. The fourth-order valence-electron chi connectivity index (χ4n) is 1.54. The van der Waals surface area contributed by atoms with Crippen LogP contribution >= 0.6 is 0 Å². The van der Waals surface area contributed by atoms with Crippen molar-refractivity contribution >= 4 is 0 Å². The summed E-state index contributed by atoms with van der Waals surface area (Å²) < 4.78 is 0. The zero-order valence-corrected chi connectivity index (χ0v) is 9.71. The topological polar surface area (TPSA) is 0 Å². The largest absolute Gasteiger partial charge is 0.103 e. The normalized spacial score (nSPS) is 15.3. The van der Waals surface area contributed by atoms with Crippen LogP contribution in [0, 0.1) is 11.8 Å². The molecular formula is C14H24. The lowest BCUT2D eigenvalue weighted by Gasteiger charge is -2.15. The standard InChI is InChI=1S/C14H24/c1-5-9-10-11-14(8-4)12-13(6-2)7-3/h6,8-10,13-14H,2,4-5,7,11-12H2,1,3H3/t13-,14-/m1/s1. The van der Waals surface area contributed by atoms with Gasteiger partial charge in [-0.2, -0.15) is 0 Å². The predicted molar refractivity (Wildman–Crippen MR) is 66.3 cm³/mol. The van der Waals surface area contributed by atoms with Gasteiger partial charge in [-0.15, -0.1) is 13.2 Å². The molecule has 0 radical (unpaired) electrons. The van der Waals surface area contributed by atoms with Crippen LogP contribution in [0.1, 0.15) is 39.5 Å². The van der Waals surface area contributed by atoms with Gasteiger partial charge in [0.25, 0.3) is 0 Å². The summed E-state index contributed by atoms with van der Waals surface area (Å²) in [5, 5.41) is 0. The quantitative estimate of drug-likeness (QED) is 0.487. The van der Waals surface area contributed by atoms with Crippen molar-refractivity contribution in [3.05, 3.63) is 37.5 Å². The fraction of sp³-hybridized carbons (Fsp3) is 0.571. The highest BCUT2D eigenvalue weighted by Gasteiger charge is 2.08. The molecule has 0 aromatic rings. The highest BCUT2D eigenvalue weighted by molar-refractivity contribution is 4.92. The Bertz CT molecular complexity index is 176. The van der Waals surface area contributed by atoms with E-state index in [2.05, 4.69) is 51.3 Å². The fourth-order valence-corrected chi connectivity index (χ4v) is 1.54. The van der Waals surface area contributed by atoms with E-state index in [1.54, 1.807) is 0 Å². The summed E-state index contributed by atoms with van der Waals surface area (Å²) in [6, 6.07) is 0. The minimum absolute atomic E-state index is 0.612. The summed E-state index contributed by atoms with van der Waals surface area (Å²) >= 11 is 0. The minimum atomic E-state index is 0.612. The van der Waals surface area contributed by atoms with Crippen LogP contribution in [0.15, 0.2) is 37.5 Å². The Hall–Kier alpha value is -0.780. The second kappa shape index (κ2) is 8.80. The Kier molecular flexibility index (Phi) is 8.31. The van der Waals surface area contributed by atoms with Crippen LogP contribution in [-0.4, -0.2) is 0 Å². The van der Waals surface area contributed by atoms with E-state index in [1.807, 2.05) is 0 Å². The second-order valence-electron chi connectivity index (χ2n) is 3.75. The summed E-state index contributed by atoms with van der Waals surface area (Å²) in [4.78, 5) is 0. The first-order chi connectivity index (χ1) is 6.78. The molecule has 0 aliphatic carbocycles. The van der Waals surface area contributed by atoms with Gasteiger partial charge >= 0.3 is 0 Å². The molecule has 0 aromatic heterocycles. The first-order valence-corrected chi connectivity index (χ1v) is 5.68. The Morgan fingerprint density at radius 2 is 1.64 bits per heavy atom. The van der Waals surface area contributed by atoms with Crippen molar-refractivity contribution in [1.29, 1.82) is 0 Å². The molecule has 0 spiro atoms. The average Bonchev–Trinajstić information content (AvgIpc) is 2.23. The lowest BCUT2D eigenvalue weighted by Crippen LogP contribution is -2.03. The first-order valence-electron chi connectivity index (χ1n) is 5.68. The van der Waals surface area contributed by atoms with Gasteiger partial charge in [0.05, 0.1) is 0 Å². The number of rotatable bonds is 8. The monoisotopic (exact) mass is 192 g/mol. The molecule has 0 amide bonds. The van der Waals surface area contributed by atoms with Crippen LogP contribution < -0.4 is 0 Å². The molecular weight excluding hydrogens is 168 g/mol. The van der Waals surface area contributed by atoms with Crippen LogP contribution in [0.2, 0.25) is 0 Å². The molecule has 0 saturated heterocycles. The third kappa shape index (κ3) is 5.80. The van der Waals surface area contributed by atoms with E-state index < -0.39 is 0 Å². The number of hydrogen-bond donors (Lipinski definition) is 0. The summed E-state index contributed by atoms with van der Waals surface area (Å²) in [5.74, 6) is 1.26. The molecule has 0 aliphatic rings. The number of hydrogen-bond acceptors (Lipinski definition) is 0. The maximum Gasteiger partial charge on any atom is -0.0196 e. The van der Waals surface area contributed by atoms with Crippen molar-refractivity contribution in [2.75, 3.05) is 0 Å². The molecule has 0 N–H and O–H groups in total. The van der Waals surface area contributed by atoms with Crippen molar-refractivity contribution in [2.24, 2.45) is 11.8 Å². The van der Waals surface area contributed by atoms with E-state index in [9.17, 15) is 0 Å². The summed E-state index contributed by atoms with van der Waals surface area (Å²) in [6.07, 6.45) is 13.3. The van der Waals surface area contributed by atoms with E-state index in [-0.39, 0.29) is 0 Å². The lowest BCUT2D eigenvalue weighted by atomic mass is 9.90. The zero-order valence-electron chi connectivity index (χ0n) is 9.71. The maximum absolute atomic E-state index is 3.89. The van der Waals surface area contributed by atoms with Gasteiger partial charge in [0.1, 0.15) is 0 Å². The van der Waals surface area contributed by atoms with Gasteiger partial charge in [-0.05, 0) is 37.5 Å². The van der Waals surface area contributed by atoms with Gasteiger partial charge in [-0.3, -0.25) is 0 Å². The van der Waals surface area contributed by atoms with Crippen LogP contribution in [0.5, 0.6) is 0 Å². The van der Waals surface area contributed by atoms with Gasteiger partial charge in [0.2, 0.25) is 0 Å². The van der Waals surface area contributed by atoms with E-state index in [0.29, 0.717) is 11.8 Å². The van der Waals surface area contributed by atoms with Crippen molar-refractivity contribution in [3.8, 4) is 0 Å². The van der Waals surface area contributed by atoms with E-state index in [0.717, 1.165) is 12.8 Å². The average molecular weight is 192 g/mol. The van der Waals surface area contributed by atoms with Crippen LogP contribution in [0.4, 0.5) is 0 Å². The lowest BCUT2D eigenvalue weighted by molar-refractivity contribution is 0.475. The van der Waals surface area contributed by atoms with Crippen molar-refractivity contribution in [3.63, 3.8) is 0 Å². The van der Waals surface area contributed by atoms with Gasteiger partial charge in [-0.25, -0.2) is 0 Å². The first kappa shape index (κ1) is 13.2. The van der Waals surface area contributed by atoms with Gasteiger partial charge < -0.3 is 0 Å². The molecule has 0 unspecified atom stereocenters. The Balaban J connectivity index is 3.94. The molecule has 0 bridgehead atoms. The number of allylic oxidation sites excluding steroid dienone is 4. The molecule has 0 aliphatic heterocycles. The van der Waals surface area contributed by atoms with E-state index in [1.165, 1.54) is 12.8 Å². The van der Waals surface area contributed by atoms with Crippen LogP contribution in [0.3, 0.4) is 0 Å². The Morgan fingerprint density at radius 3 is 2.07 bits per heavy atom. The van der Waals surface area contributed by atoms with Gasteiger partial charge in [0.15, 0.2) is 0 Å². The maximum atomic E-state index is 3.89. The molecule has 80 valence electrons. The molecule has 0 aromatic carbocycles. The Morgan fingerprint density at radius 1 is 1.00 bits per heavy atom. The molecule has 2 atom stereocenters. The Labute approximate surface area is 89.4 Å². The minimum Gasteiger partial charge on any atom is -0.103 e. The smallest absolute Gasteiger partial charge is 0.0196 e. The SMILES string of the molecule is C=C[C@H](CC)C[C@H](C=C)CC=CCC. The summed E-state index contributed by atoms with van der Waals surface area (Å²) in [7, 11) is 0. The molecule has 0 rings (SSSR count). The van der Waals surface area contributed by atoms with E-state index in [4.69, 9.17) is 0 Å². The molecule has 0 fully saturated rings. The highest BCUT2D eigenvalue weighted by atomic mass is 14.1. The summed E-state index contributed by atoms with van der Waals surface area (Å²) in [6.45, 7) is 12.1. The third-order valence-corrected chi connectivity index (χ3v) is 2.64. The third-order valence-electron chi connectivity index (χ3n) is 2.64. The van der Waals surface area contributed by atoms with Gasteiger partial charge in [-0.1, -0.05) is 38.2 Å². The van der Waals surface area contributed by atoms with Crippen LogP contribution in [-0.2, 0) is 0 Å². The van der Waals surface area contributed by atoms with Crippen LogP contribution in [0.25, 0.3) is 0 Å². The predicted octanol–water partition coefficient (Wildman–Crippen LogP) is 4.75. The molecule has 0 heteroatoms. The molecule has 0 heterocycles. The summed E-state index contributed by atoms with van der Waals surface area (Å²) in [5.41, 5.74) is 0. The van der Waals surface area contributed by atoms with Crippen molar-refractivity contribution < 1.29 is 0 Å². The van der Waals surface area contributed by atoms with Gasteiger partial charge in [0, 0.05) is 0 Å². The molecule has 0 nitrogen and oxygen atoms in total. The molecule has 14 heavy (non-hydrogen) atoms. The zero-order chi connectivity index (χ0) is 10.8. The van der Waals surface area contributed by atoms with Crippen molar-refractivity contribution in [1.82, 2.24) is 0 Å².